The molecule has 1 aromatic rings. The first-order chi connectivity index (χ1) is 8.74. The average Bonchev–Trinajstić information content (AvgIpc) is 2.40. The van der Waals surface area contributed by atoms with Gasteiger partial charge in [0.2, 0.25) is 0 Å². The summed E-state index contributed by atoms with van der Waals surface area (Å²) in [5.74, 6) is 0.889. The summed E-state index contributed by atoms with van der Waals surface area (Å²) >= 11 is 3.48. The van der Waals surface area contributed by atoms with Gasteiger partial charge in [0.1, 0.15) is 5.75 Å². The van der Waals surface area contributed by atoms with Gasteiger partial charge in [-0.1, -0.05) is 15.9 Å². The fourth-order valence-electron chi connectivity index (χ4n) is 2.42. The molecule has 0 N–H and O–H groups in total. The van der Waals surface area contributed by atoms with Gasteiger partial charge in [-0.15, -0.1) is 0 Å². The summed E-state index contributed by atoms with van der Waals surface area (Å²) < 4.78 is 6.43. The predicted octanol–water partition coefficient (Wildman–Crippen LogP) is 3.34. The molecule has 1 fully saturated rings. The maximum absolute atomic E-state index is 9.19. The number of hydrogen-bond acceptors (Lipinski definition) is 3. The van der Waals surface area contributed by atoms with Gasteiger partial charge in [0, 0.05) is 16.6 Å². The Kier molecular flexibility index (Phi) is 4.62. The van der Waals surface area contributed by atoms with Crippen molar-refractivity contribution >= 4 is 15.9 Å². The summed E-state index contributed by atoms with van der Waals surface area (Å²) in [6, 6.07) is 8.45. The Morgan fingerprint density at radius 2 is 2.33 bits per heavy atom. The van der Waals surface area contributed by atoms with Gasteiger partial charge >= 0.3 is 0 Å². The number of ether oxygens (including phenoxy) is 1. The lowest BCUT2D eigenvalue weighted by molar-refractivity contribution is 0.174. The van der Waals surface area contributed by atoms with E-state index in [4.69, 9.17) is 4.74 Å². The minimum Gasteiger partial charge on any atom is -0.496 e. The van der Waals surface area contributed by atoms with Crippen molar-refractivity contribution in [1.29, 1.82) is 5.26 Å². The minimum absolute atomic E-state index is 0.0439. The third kappa shape index (κ3) is 3.04. The summed E-state index contributed by atoms with van der Waals surface area (Å²) in [5, 5.41) is 9.19. The number of nitriles is 1. The molecule has 2 rings (SSSR count). The van der Waals surface area contributed by atoms with E-state index in [1.54, 1.807) is 7.11 Å². The zero-order valence-corrected chi connectivity index (χ0v) is 12.1. The van der Waals surface area contributed by atoms with Crippen LogP contribution in [-0.2, 0) is 6.54 Å². The van der Waals surface area contributed by atoms with Crippen molar-refractivity contribution in [2.24, 2.45) is 0 Å². The van der Waals surface area contributed by atoms with E-state index < -0.39 is 0 Å². The minimum atomic E-state index is 0.0439. The maximum atomic E-state index is 9.19. The van der Waals surface area contributed by atoms with Gasteiger partial charge in [-0.25, -0.2) is 0 Å². The van der Waals surface area contributed by atoms with Crippen LogP contribution in [0.25, 0.3) is 0 Å². The molecule has 0 aliphatic carbocycles. The number of likely N-dealkylation sites (tertiary alicyclic amines) is 1. The SMILES string of the molecule is COc1ccc(Br)cc1CN1CCCCC1C#N. The van der Waals surface area contributed by atoms with Crippen LogP contribution >= 0.6 is 15.9 Å². The van der Waals surface area contributed by atoms with E-state index in [2.05, 4.69) is 33.0 Å². The Morgan fingerprint density at radius 3 is 3.06 bits per heavy atom. The Morgan fingerprint density at radius 1 is 1.50 bits per heavy atom. The van der Waals surface area contributed by atoms with Gasteiger partial charge in [0.05, 0.1) is 19.2 Å². The topological polar surface area (TPSA) is 36.3 Å². The number of halogens is 1. The molecule has 1 unspecified atom stereocenters. The van der Waals surface area contributed by atoms with E-state index in [1.165, 1.54) is 6.42 Å². The van der Waals surface area contributed by atoms with E-state index in [-0.39, 0.29) is 6.04 Å². The molecule has 1 aliphatic heterocycles. The molecule has 1 saturated heterocycles. The highest BCUT2D eigenvalue weighted by Gasteiger charge is 2.22. The molecule has 0 radical (unpaired) electrons. The molecule has 0 bridgehead atoms. The second-order valence-corrected chi connectivity index (χ2v) is 5.48. The second-order valence-electron chi connectivity index (χ2n) is 4.57. The summed E-state index contributed by atoms with van der Waals surface area (Å²) in [7, 11) is 1.69. The van der Waals surface area contributed by atoms with Crippen LogP contribution in [0.5, 0.6) is 5.75 Å². The van der Waals surface area contributed by atoms with Crippen molar-refractivity contribution in [3.8, 4) is 11.8 Å². The van der Waals surface area contributed by atoms with Gasteiger partial charge in [-0.3, -0.25) is 4.90 Å². The van der Waals surface area contributed by atoms with E-state index in [0.717, 1.165) is 41.7 Å². The normalized spacial score (nSPS) is 20.4. The highest BCUT2D eigenvalue weighted by atomic mass is 79.9. The zero-order valence-electron chi connectivity index (χ0n) is 10.5. The van der Waals surface area contributed by atoms with Gasteiger partial charge < -0.3 is 4.74 Å². The number of hydrogen-bond donors (Lipinski definition) is 0. The molecule has 1 heterocycles. The largest absolute Gasteiger partial charge is 0.496 e. The first-order valence-electron chi connectivity index (χ1n) is 6.20. The van der Waals surface area contributed by atoms with Gasteiger partial charge in [0.25, 0.3) is 0 Å². The summed E-state index contributed by atoms with van der Waals surface area (Å²) in [4.78, 5) is 2.24. The smallest absolute Gasteiger partial charge is 0.123 e. The summed E-state index contributed by atoms with van der Waals surface area (Å²) in [6.45, 7) is 1.77. The van der Waals surface area contributed by atoms with Crippen LogP contribution in [0, 0.1) is 11.3 Å². The molecule has 1 aliphatic rings. The van der Waals surface area contributed by atoms with E-state index >= 15 is 0 Å². The van der Waals surface area contributed by atoms with Gasteiger partial charge in [-0.2, -0.15) is 5.26 Å². The molecule has 3 nitrogen and oxygen atoms in total. The lowest BCUT2D eigenvalue weighted by Gasteiger charge is -2.31. The van der Waals surface area contributed by atoms with Crippen molar-refractivity contribution in [1.82, 2.24) is 4.90 Å². The van der Waals surface area contributed by atoms with Crippen molar-refractivity contribution in [3.05, 3.63) is 28.2 Å². The molecular weight excluding hydrogens is 292 g/mol. The number of methoxy groups -OCH3 is 1. The van der Waals surface area contributed by atoms with E-state index in [0.29, 0.717) is 0 Å². The van der Waals surface area contributed by atoms with Crippen molar-refractivity contribution in [2.75, 3.05) is 13.7 Å². The first-order valence-corrected chi connectivity index (χ1v) is 7.00. The predicted molar refractivity (Wildman–Crippen MR) is 74.4 cm³/mol. The number of rotatable bonds is 3. The Bertz CT molecular complexity index is 456. The van der Waals surface area contributed by atoms with Crippen molar-refractivity contribution in [2.45, 2.75) is 31.8 Å². The van der Waals surface area contributed by atoms with Gasteiger partial charge in [0.15, 0.2) is 0 Å². The Labute approximate surface area is 116 Å². The average molecular weight is 309 g/mol. The highest BCUT2D eigenvalue weighted by Crippen LogP contribution is 2.27. The molecule has 1 aromatic carbocycles. The highest BCUT2D eigenvalue weighted by molar-refractivity contribution is 9.10. The van der Waals surface area contributed by atoms with Crippen LogP contribution in [0.1, 0.15) is 24.8 Å². The monoisotopic (exact) mass is 308 g/mol. The molecule has 4 heteroatoms. The zero-order chi connectivity index (χ0) is 13.0. The standard InChI is InChI=1S/C14H17BrN2O/c1-18-14-6-5-12(15)8-11(14)10-17-7-3-2-4-13(17)9-16/h5-6,8,13H,2-4,7,10H2,1H3. The molecule has 0 amide bonds. The third-order valence-electron chi connectivity index (χ3n) is 3.38. The molecule has 0 aromatic heterocycles. The van der Waals surface area contributed by atoms with Crippen LogP contribution in [-0.4, -0.2) is 24.6 Å². The Hall–Kier alpha value is -1.05. The molecular formula is C14H17BrN2O. The Balaban J connectivity index is 2.17. The van der Waals surface area contributed by atoms with Crippen LogP contribution in [0.4, 0.5) is 0 Å². The van der Waals surface area contributed by atoms with Crippen LogP contribution in [0.3, 0.4) is 0 Å². The summed E-state index contributed by atoms with van der Waals surface area (Å²) in [6.07, 6.45) is 3.31. The number of benzene rings is 1. The van der Waals surface area contributed by atoms with Crippen LogP contribution < -0.4 is 4.74 Å². The lowest BCUT2D eigenvalue weighted by atomic mass is 10.0. The second kappa shape index (κ2) is 6.21. The maximum Gasteiger partial charge on any atom is 0.123 e. The fraction of sp³-hybridized carbons (Fsp3) is 0.500. The van der Waals surface area contributed by atoms with Crippen molar-refractivity contribution in [3.63, 3.8) is 0 Å². The number of nitrogens with zero attached hydrogens (tertiary/aromatic N) is 2. The fourth-order valence-corrected chi connectivity index (χ4v) is 2.82. The lowest BCUT2D eigenvalue weighted by Crippen LogP contribution is -2.37. The first kappa shape index (κ1) is 13.4. The van der Waals surface area contributed by atoms with Crippen LogP contribution in [0.15, 0.2) is 22.7 Å². The van der Waals surface area contributed by atoms with E-state index in [9.17, 15) is 5.26 Å². The van der Waals surface area contributed by atoms with Crippen molar-refractivity contribution < 1.29 is 4.74 Å². The summed E-state index contributed by atoms with van der Waals surface area (Å²) in [5.41, 5.74) is 1.13. The molecule has 1 atom stereocenters. The van der Waals surface area contributed by atoms with Gasteiger partial charge in [-0.05, 0) is 44.0 Å². The molecule has 96 valence electrons. The van der Waals surface area contributed by atoms with Crippen LogP contribution in [0.2, 0.25) is 0 Å². The molecule has 0 spiro atoms. The quantitative estimate of drug-likeness (QED) is 0.859. The van der Waals surface area contributed by atoms with E-state index in [1.807, 2.05) is 12.1 Å². The molecule has 18 heavy (non-hydrogen) atoms. The third-order valence-corrected chi connectivity index (χ3v) is 3.87. The molecule has 0 saturated carbocycles. The number of piperidine rings is 1.